The van der Waals surface area contributed by atoms with Gasteiger partial charge in [0.1, 0.15) is 22.9 Å². The van der Waals surface area contributed by atoms with E-state index in [0.717, 1.165) is 6.07 Å². The van der Waals surface area contributed by atoms with Crippen molar-refractivity contribution in [2.75, 3.05) is 0 Å². The van der Waals surface area contributed by atoms with Crippen molar-refractivity contribution in [2.45, 2.75) is 0 Å². The van der Waals surface area contributed by atoms with Crippen molar-refractivity contribution in [3.63, 3.8) is 0 Å². The van der Waals surface area contributed by atoms with E-state index >= 15 is 0 Å². The summed E-state index contributed by atoms with van der Waals surface area (Å²) in [4.78, 5) is 11.1. The molecule has 2 rings (SSSR count). The number of para-hydroxylation sites is 1. The summed E-state index contributed by atoms with van der Waals surface area (Å²) in [5, 5.41) is -0.881. The minimum absolute atomic E-state index is 0.108. The van der Waals surface area contributed by atoms with Gasteiger partial charge in [0, 0.05) is 0 Å². The molecule has 0 atom stereocenters. The molecule has 0 heterocycles. The van der Waals surface area contributed by atoms with Crippen LogP contribution in [0.15, 0.2) is 48.5 Å². The van der Waals surface area contributed by atoms with Crippen LogP contribution >= 0.6 is 11.6 Å². The van der Waals surface area contributed by atoms with Gasteiger partial charge >= 0.3 is 0 Å². The molecule has 0 aliphatic rings. The number of rotatable bonds is 3. The van der Waals surface area contributed by atoms with Crippen LogP contribution in [-0.4, -0.2) is 5.24 Å². The fourth-order valence-corrected chi connectivity index (χ4v) is 1.58. The van der Waals surface area contributed by atoms with Crippen molar-refractivity contribution in [3.05, 3.63) is 59.9 Å². The zero-order chi connectivity index (χ0) is 12.3. The molecular weight excluding hydrogens is 243 g/mol. The average molecular weight is 251 g/mol. The Hall–Kier alpha value is -1.87. The Labute approximate surface area is 103 Å². The molecule has 0 unspecified atom stereocenters. The topological polar surface area (TPSA) is 26.3 Å². The summed E-state index contributed by atoms with van der Waals surface area (Å²) in [7, 11) is 0. The molecule has 4 heteroatoms. The lowest BCUT2D eigenvalue weighted by molar-refractivity contribution is 0.107. The molecular formula is C13H8ClFO2. The average Bonchev–Trinajstić information content (AvgIpc) is 2.30. The van der Waals surface area contributed by atoms with E-state index in [2.05, 4.69) is 0 Å². The molecule has 2 nitrogen and oxygen atoms in total. The van der Waals surface area contributed by atoms with E-state index in [0.29, 0.717) is 5.75 Å². The smallest absolute Gasteiger partial charge is 0.259 e. The van der Waals surface area contributed by atoms with Crippen molar-refractivity contribution in [1.29, 1.82) is 0 Å². The summed E-state index contributed by atoms with van der Waals surface area (Å²) >= 11 is 5.32. The van der Waals surface area contributed by atoms with Crippen LogP contribution in [0.2, 0.25) is 0 Å². The third-order valence-electron chi connectivity index (χ3n) is 2.14. The second kappa shape index (κ2) is 4.97. The van der Waals surface area contributed by atoms with Gasteiger partial charge in [0.05, 0.1) is 0 Å². The number of benzene rings is 2. The Kier molecular flexibility index (Phi) is 3.40. The van der Waals surface area contributed by atoms with E-state index in [1.165, 1.54) is 12.1 Å². The van der Waals surface area contributed by atoms with Crippen molar-refractivity contribution < 1.29 is 13.9 Å². The van der Waals surface area contributed by atoms with Gasteiger partial charge in [0.2, 0.25) is 0 Å². The molecule has 0 spiro atoms. The van der Waals surface area contributed by atoms with Crippen LogP contribution in [0.1, 0.15) is 10.4 Å². The third-order valence-corrected chi connectivity index (χ3v) is 2.33. The van der Waals surface area contributed by atoms with Gasteiger partial charge in [-0.05, 0) is 35.9 Å². The molecule has 0 radical (unpaired) electrons. The lowest BCUT2D eigenvalue weighted by Crippen LogP contribution is -1.98. The fraction of sp³-hybridized carbons (Fsp3) is 0. The maximum absolute atomic E-state index is 13.4. The molecule has 0 aliphatic carbocycles. The normalized spacial score (nSPS) is 10.0. The minimum atomic E-state index is -0.881. The molecule has 2 aromatic rings. The summed E-state index contributed by atoms with van der Waals surface area (Å²) in [6, 6.07) is 12.9. The second-order valence-electron chi connectivity index (χ2n) is 3.30. The summed E-state index contributed by atoms with van der Waals surface area (Å²) in [6.07, 6.45) is 0. The van der Waals surface area contributed by atoms with Gasteiger partial charge in [-0.1, -0.05) is 24.3 Å². The maximum atomic E-state index is 13.4. The highest BCUT2D eigenvalue weighted by Gasteiger charge is 2.16. The quantitative estimate of drug-likeness (QED) is 0.770. The molecule has 2 aromatic carbocycles. The summed E-state index contributed by atoms with van der Waals surface area (Å²) in [6.45, 7) is 0. The summed E-state index contributed by atoms with van der Waals surface area (Å²) in [5.41, 5.74) is -0.252. The van der Waals surface area contributed by atoms with Gasteiger partial charge in [-0.2, -0.15) is 0 Å². The predicted molar refractivity (Wildman–Crippen MR) is 63.1 cm³/mol. The van der Waals surface area contributed by atoms with Gasteiger partial charge < -0.3 is 4.74 Å². The predicted octanol–water partition coefficient (Wildman–Crippen LogP) is 4.00. The van der Waals surface area contributed by atoms with Gasteiger partial charge in [0.15, 0.2) is 0 Å². The Balaban J connectivity index is 2.40. The van der Waals surface area contributed by atoms with Crippen molar-refractivity contribution in [1.82, 2.24) is 0 Å². The van der Waals surface area contributed by atoms with E-state index in [9.17, 15) is 9.18 Å². The first-order valence-electron chi connectivity index (χ1n) is 4.90. The highest BCUT2D eigenvalue weighted by molar-refractivity contribution is 6.68. The van der Waals surface area contributed by atoms with Gasteiger partial charge in [0.25, 0.3) is 5.24 Å². The molecule has 0 amide bonds. The molecule has 86 valence electrons. The van der Waals surface area contributed by atoms with Crippen molar-refractivity contribution in [2.24, 2.45) is 0 Å². The Morgan fingerprint density at radius 1 is 1.06 bits per heavy atom. The summed E-state index contributed by atoms with van der Waals surface area (Å²) in [5.74, 6) is -0.0769. The lowest BCUT2D eigenvalue weighted by Gasteiger charge is -2.08. The van der Waals surface area contributed by atoms with Crippen molar-refractivity contribution >= 4 is 16.8 Å². The molecule has 0 bridgehead atoms. The molecule has 17 heavy (non-hydrogen) atoms. The SMILES string of the molecule is O=C(Cl)c1c(F)cccc1Oc1ccccc1. The molecule has 0 saturated heterocycles. The zero-order valence-corrected chi connectivity index (χ0v) is 9.45. The summed E-state index contributed by atoms with van der Waals surface area (Å²) < 4.78 is 18.8. The first-order chi connectivity index (χ1) is 8.18. The first-order valence-corrected chi connectivity index (χ1v) is 5.27. The van der Waals surface area contributed by atoms with Crippen molar-refractivity contribution in [3.8, 4) is 11.5 Å². The highest BCUT2D eigenvalue weighted by atomic mass is 35.5. The van der Waals surface area contributed by atoms with Crippen LogP contribution in [0.25, 0.3) is 0 Å². The van der Waals surface area contributed by atoms with Gasteiger partial charge in [-0.25, -0.2) is 4.39 Å². The number of ether oxygens (including phenoxy) is 1. The molecule has 0 N–H and O–H groups in total. The monoisotopic (exact) mass is 250 g/mol. The van der Waals surface area contributed by atoms with Crippen LogP contribution in [-0.2, 0) is 0 Å². The zero-order valence-electron chi connectivity index (χ0n) is 8.69. The van der Waals surface area contributed by atoms with Crippen LogP contribution < -0.4 is 4.74 Å². The first kappa shape index (κ1) is 11.6. The van der Waals surface area contributed by atoms with Gasteiger partial charge in [-0.3, -0.25) is 4.79 Å². The van der Waals surface area contributed by atoms with Crippen LogP contribution in [0.5, 0.6) is 11.5 Å². The fourth-order valence-electron chi connectivity index (χ4n) is 1.40. The molecule has 0 aromatic heterocycles. The number of hydrogen-bond donors (Lipinski definition) is 0. The standard InChI is InChI=1S/C13H8ClFO2/c14-13(16)12-10(15)7-4-8-11(12)17-9-5-2-1-3-6-9/h1-8H. The molecule has 0 fully saturated rings. The Bertz CT molecular complexity index is 540. The largest absolute Gasteiger partial charge is 0.456 e. The van der Waals surface area contributed by atoms with E-state index < -0.39 is 11.1 Å². The Morgan fingerprint density at radius 3 is 2.41 bits per heavy atom. The van der Waals surface area contributed by atoms with Crippen LogP contribution in [0.4, 0.5) is 4.39 Å². The van der Waals surface area contributed by atoms with E-state index in [1.54, 1.807) is 24.3 Å². The molecule has 0 saturated carbocycles. The van der Waals surface area contributed by atoms with Crippen LogP contribution in [0.3, 0.4) is 0 Å². The number of carbonyl (C=O) groups is 1. The van der Waals surface area contributed by atoms with E-state index in [-0.39, 0.29) is 11.3 Å². The maximum Gasteiger partial charge on any atom is 0.259 e. The highest BCUT2D eigenvalue weighted by Crippen LogP contribution is 2.28. The van der Waals surface area contributed by atoms with E-state index in [4.69, 9.17) is 16.3 Å². The lowest BCUT2D eigenvalue weighted by atomic mass is 10.2. The number of hydrogen-bond acceptors (Lipinski definition) is 2. The number of carbonyl (C=O) groups excluding carboxylic acids is 1. The Morgan fingerprint density at radius 2 is 1.76 bits per heavy atom. The second-order valence-corrected chi connectivity index (χ2v) is 3.65. The van der Waals surface area contributed by atoms with E-state index in [1.807, 2.05) is 6.07 Å². The number of halogens is 2. The third kappa shape index (κ3) is 2.63. The van der Waals surface area contributed by atoms with Gasteiger partial charge in [-0.15, -0.1) is 0 Å². The minimum Gasteiger partial charge on any atom is -0.456 e. The molecule has 0 aliphatic heterocycles. The van der Waals surface area contributed by atoms with Crippen LogP contribution in [0, 0.1) is 5.82 Å².